The summed E-state index contributed by atoms with van der Waals surface area (Å²) in [5, 5.41) is 8.78. The van der Waals surface area contributed by atoms with Crippen molar-refractivity contribution in [2.24, 2.45) is 5.41 Å². The van der Waals surface area contributed by atoms with Crippen LogP contribution in [0.4, 0.5) is 13.2 Å². The molecule has 0 heterocycles. The number of carbonyl (C=O) groups excluding carboxylic acids is 2. The highest BCUT2D eigenvalue weighted by molar-refractivity contribution is 6.62. The lowest BCUT2D eigenvalue weighted by Crippen LogP contribution is -2.43. The fourth-order valence-electron chi connectivity index (χ4n) is 1.09. The van der Waals surface area contributed by atoms with E-state index in [9.17, 15) is 22.8 Å². The molecular formula is C10H13F3N2O4. The van der Waals surface area contributed by atoms with Gasteiger partial charge < -0.3 is 15.4 Å². The van der Waals surface area contributed by atoms with Gasteiger partial charge in [0.2, 0.25) is 0 Å². The van der Waals surface area contributed by atoms with E-state index >= 15 is 0 Å². The average Bonchev–Trinajstić information content (AvgIpc) is 2.28. The second-order valence-corrected chi connectivity index (χ2v) is 3.99. The van der Waals surface area contributed by atoms with Crippen LogP contribution in [0.3, 0.4) is 0 Å². The van der Waals surface area contributed by atoms with Crippen molar-refractivity contribution in [3.8, 4) is 0 Å². The van der Waals surface area contributed by atoms with Crippen LogP contribution in [-0.4, -0.2) is 46.8 Å². The minimum absolute atomic E-state index is 0.137. The number of esters is 1. The van der Waals surface area contributed by atoms with E-state index in [0.29, 0.717) is 6.92 Å². The van der Waals surface area contributed by atoms with Crippen LogP contribution in [0.2, 0.25) is 0 Å². The summed E-state index contributed by atoms with van der Waals surface area (Å²) in [6.45, 7) is 0.543. The lowest BCUT2D eigenvalue weighted by molar-refractivity contribution is -0.230. The summed E-state index contributed by atoms with van der Waals surface area (Å²) in [4.78, 5) is 25.0. The normalized spacial score (nSPS) is 14.2. The molecule has 0 spiro atoms. The van der Waals surface area contributed by atoms with Crippen molar-refractivity contribution in [1.82, 2.24) is 0 Å². The van der Waals surface area contributed by atoms with E-state index in [4.69, 9.17) is 10.6 Å². The van der Waals surface area contributed by atoms with Gasteiger partial charge in [0, 0.05) is 6.42 Å². The first-order valence-electron chi connectivity index (χ1n) is 5.23. The van der Waals surface area contributed by atoms with E-state index in [1.807, 2.05) is 0 Å². The van der Waals surface area contributed by atoms with Crippen molar-refractivity contribution in [3.05, 3.63) is 5.53 Å². The van der Waals surface area contributed by atoms with Gasteiger partial charge in [0.15, 0.2) is 0 Å². The van der Waals surface area contributed by atoms with Crippen molar-refractivity contribution >= 4 is 17.5 Å². The third-order valence-corrected chi connectivity index (χ3v) is 2.42. The number of nitrogens with zero attached hydrogens (tertiary/aromatic N) is 2. The summed E-state index contributed by atoms with van der Waals surface area (Å²) in [5.41, 5.74) is 4.63. The molecule has 9 heteroatoms. The van der Waals surface area contributed by atoms with Gasteiger partial charge in [-0.3, -0.25) is 4.79 Å². The van der Waals surface area contributed by atoms with E-state index in [0.717, 1.165) is 0 Å². The molecule has 0 aromatic heterocycles. The highest BCUT2D eigenvalue weighted by Gasteiger charge is 2.53. The van der Waals surface area contributed by atoms with Crippen LogP contribution in [0.1, 0.15) is 20.3 Å². The monoisotopic (exact) mass is 282 g/mol. The highest BCUT2D eigenvalue weighted by Crippen LogP contribution is 2.40. The predicted octanol–water partition coefficient (Wildman–Crippen LogP) is 0.740. The summed E-state index contributed by atoms with van der Waals surface area (Å²) in [6, 6.07) is 0. The van der Waals surface area contributed by atoms with Crippen LogP contribution < -0.4 is 0 Å². The third-order valence-electron chi connectivity index (χ3n) is 2.42. The molecule has 0 aromatic carbocycles. The van der Waals surface area contributed by atoms with Crippen LogP contribution in [-0.2, 0) is 14.3 Å². The smallest absolute Gasteiger partial charge is 0.441 e. The van der Waals surface area contributed by atoms with E-state index < -0.39 is 42.1 Å². The first kappa shape index (κ1) is 17.3. The first-order valence-corrected chi connectivity index (χ1v) is 5.23. The number of aliphatic hydroxyl groups is 1. The van der Waals surface area contributed by atoms with E-state index in [-0.39, 0.29) is 6.61 Å². The Morgan fingerprint density at radius 3 is 2.21 bits per heavy atom. The van der Waals surface area contributed by atoms with Crippen LogP contribution in [0, 0.1) is 5.41 Å². The molecule has 0 bridgehead atoms. The quantitative estimate of drug-likeness (QED) is 0.255. The molecule has 1 N–H and O–H groups in total. The highest BCUT2D eigenvalue weighted by atomic mass is 19.4. The van der Waals surface area contributed by atoms with Crippen molar-refractivity contribution in [2.45, 2.75) is 26.4 Å². The van der Waals surface area contributed by atoms with Gasteiger partial charge in [-0.25, -0.2) is 4.79 Å². The Kier molecular flexibility index (Phi) is 5.85. The Labute approximate surface area is 106 Å². The summed E-state index contributed by atoms with van der Waals surface area (Å²) >= 11 is 0. The zero-order valence-electron chi connectivity index (χ0n) is 10.3. The second-order valence-electron chi connectivity index (χ2n) is 3.99. The molecule has 0 aliphatic rings. The molecule has 0 saturated heterocycles. The first-order chi connectivity index (χ1) is 8.62. The van der Waals surface area contributed by atoms with Gasteiger partial charge in [0.25, 0.3) is 5.78 Å². The van der Waals surface area contributed by atoms with E-state index in [2.05, 4.69) is 9.53 Å². The Bertz CT molecular complexity index is 415. The summed E-state index contributed by atoms with van der Waals surface area (Å²) < 4.78 is 42.3. The Balaban J connectivity index is 5.14. The molecule has 1 atom stereocenters. The van der Waals surface area contributed by atoms with Crippen LogP contribution >= 0.6 is 0 Å². The molecule has 108 valence electrons. The Hall–Kier alpha value is -1.73. The maximum Gasteiger partial charge on any atom is 0.441 e. The zero-order valence-corrected chi connectivity index (χ0v) is 10.3. The van der Waals surface area contributed by atoms with Gasteiger partial charge in [0.05, 0.1) is 18.6 Å². The van der Waals surface area contributed by atoms with Crippen molar-refractivity contribution in [3.63, 3.8) is 0 Å². The number of rotatable bonds is 6. The van der Waals surface area contributed by atoms with Gasteiger partial charge in [-0.05, 0) is 13.8 Å². The minimum Gasteiger partial charge on any atom is -0.457 e. The molecule has 0 aromatic rings. The molecule has 0 amide bonds. The number of aliphatic hydroxyl groups excluding tert-OH is 1. The topological polar surface area (TPSA) is 100 Å². The molecule has 0 radical (unpaired) electrons. The molecule has 1 unspecified atom stereocenters. The third kappa shape index (κ3) is 4.15. The number of hydrogen-bond donors (Lipinski definition) is 1. The van der Waals surface area contributed by atoms with Gasteiger partial charge in [-0.15, -0.1) is 0 Å². The van der Waals surface area contributed by atoms with Crippen LogP contribution in [0.5, 0.6) is 0 Å². The van der Waals surface area contributed by atoms with Gasteiger partial charge in [0.1, 0.15) is 0 Å². The maximum absolute atomic E-state index is 12.7. The van der Waals surface area contributed by atoms with E-state index in [1.165, 1.54) is 6.92 Å². The number of hydrogen-bond acceptors (Lipinski definition) is 4. The molecule has 0 aliphatic heterocycles. The number of ketones is 1. The van der Waals surface area contributed by atoms with Crippen molar-refractivity contribution in [1.29, 1.82) is 0 Å². The SMILES string of the molecule is CCOC(=O)C(=[N+]=[N-])C(=O)CC(C)(CO)C(F)(F)F. The fraction of sp³-hybridized carbons (Fsp3) is 0.700. The number of ether oxygens (including phenoxy) is 1. The number of alkyl halides is 3. The molecule has 0 rings (SSSR count). The summed E-state index contributed by atoms with van der Waals surface area (Å²) in [7, 11) is 0. The van der Waals surface area contributed by atoms with Gasteiger partial charge in [-0.1, -0.05) is 0 Å². The van der Waals surface area contributed by atoms with Crippen LogP contribution in [0.25, 0.3) is 5.53 Å². The second kappa shape index (κ2) is 6.44. The Morgan fingerprint density at radius 2 is 1.89 bits per heavy atom. The largest absolute Gasteiger partial charge is 0.457 e. The van der Waals surface area contributed by atoms with Crippen molar-refractivity contribution in [2.75, 3.05) is 13.2 Å². The van der Waals surface area contributed by atoms with Crippen LogP contribution in [0.15, 0.2) is 0 Å². The number of Topliss-reactive ketones (excluding diaryl/α,β-unsaturated/α-hetero) is 1. The molecule has 0 saturated carbocycles. The zero-order chi connectivity index (χ0) is 15.3. The molecular weight excluding hydrogens is 269 g/mol. The molecule has 0 fully saturated rings. The van der Waals surface area contributed by atoms with Gasteiger partial charge in [-0.2, -0.15) is 18.0 Å². The molecule has 19 heavy (non-hydrogen) atoms. The molecule has 0 aliphatic carbocycles. The lowest BCUT2D eigenvalue weighted by Gasteiger charge is -2.28. The summed E-state index contributed by atoms with van der Waals surface area (Å²) in [6.07, 6.45) is -6.09. The van der Waals surface area contributed by atoms with Crippen molar-refractivity contribution < 1.29 is 37.4 Å². The standard InChI is InChI=1S/C10H13F3N2O4/c1-3-19-8(18)7(15-14)6(17)4-9(2,5-16)10(11,12)13/h16H,3-5H2,1-2H3. The lowest BCUT2D eigenvalue weighted by atomic mass is 9.84. The summed E-state index contributed by atoms with van der Waals surface area (Å²) in [5.74, 6) is -2.69. The number of carbonyl (C=O) groups is 2. The van der Waals surface area contributed by atoms with E-state index in [1.54, 1.807) is 0 Å². The fourth-order valence-corrected chi connectivity index (χ4v) is 1.09. The minimum atomic E-state index is -4.85. The number of halogens is 3. The molecule has 6 nitrogen and oxygen atoms in total. The Morgan fingerprint density at radius 1 is 1.37 bits per heavy atom. The average molecular weight is 282 g/mol. The van der Waals surface area contributed by atoms with Gasteiger partial charge >= 0.3 is 17.9 Å². The maximum atomic E-state index is 12.7. The predicted molar refractivity (Wildman–Crippen MR) is 56.1 cm³/mol.